The third kappa shape index (κ3) is 5.00. The van der Waals surface area contributed by atoms with Crippen LogP contribution in [0.3, 0.4) is 0 Å². The van der Waals surface area contributed by atoms with Crippen molar-refractivity contribution in [1.29, 1.82) is 0 Å². The van der Waals surface area contributed by atoms with Gasteiger partial charge in [-0.1, -0.05) is 17.7 Å². The monoisotopic (exact) mass is 271 g/mol. The van der Waals surface area contributed by atoms with Crippen molar-refractivity contribution in [3.05, 3.63) is 29.0 Å². The van der Waals surface area contributed by atoms with Crippen molar-refractivity contribution in [3.8, 4) is 0 Å². The minimum Gasteiger partial charge on any atom is -0.387 e. The van der Waals surface area contributed by atoms with Gasteiger partial charge >= 0.3 is 0 Å². The number of rotatable bonds is 5. The first-order chi connectivity index (χ1) is 8.30. The number of pyridine rings is 1. The van der Waals surface area contributed by atoms with Gasteiger partial charge < -0.3 is 15.3 Å². The quantitative estimate of drug-likeness (QED) is 0.777. The Bertz CT molecular complexity index is 422. The Morgan fingerprint density at radius 3 is 2.78 bits per heavy atom. The summed E-state index contributed by atoms with van der Waals surface area (Å²) in [7, 11) is 3.71. The Morgan fingerprint density at radius 2 is 2.22 bits per heavy atom. The number of hydrogen-bond acceptors (Lipinski definition) is 4. The SMILES string of the molecule is CN(C)CC(C)(O)CNC(=O)c1cccc(Cl)n1. The second-order valence-corrected chi connectivity index (χ2v) is 5.15. The third-order valence-corrected chi connectivity index (χ3v) is 2.44. The van der Waals surface area contributed by atoms with Crippen LogP contribution in [0.5, 0.6) is 0 Å². The minimum absolute atomic E-state index is 0.151. The molecule has 5 nitrogen and oxygen atoms in total. The van der Waals surface area contributed by atoms with Gasteiger partial charge in [0.1, 0.15) is 10.8 Å². The predicted octanol–water partition coefficient (Wildman–Crippen LogP) is 0.777. The average molecular weight is 272 g/mol. The first-order valence-electron chi connectivity index (χ1n) is 5.58. The molecule has 1 unspecified atom stereocenters. The summed E-state index contributed by atoms with van der Waals surface area (Å²) in [5.74, 6) is -0.350. The summed E-state index contributed by atoms with van der Waals surface area (Å²) in [6.07, 6.45) is 0. The maximum absolute atomic E-state index is 11.8. The molecule has 0 bridgehead atoms. The molecule has 1 aromatic rings. The summed E-state index contributed by atoms with van der Waals surface area (Å²) < 4.78 is 0. The molecule has 0 radical (unpaired) electrons. The van der Waals surface area contributed by atoms with Crippen LogP contribution in [-0.4, -0.2) is 53.7 Å². The lowest BCUT2D eigenvalue weighted by molar-refractivity contribution is 0.0325. The van der Waals surface area contributed by atoms with Crippen LogP contribution in [0, 0.1) is 0 Å². The van der Waals surface area contributed by atoms with Gasteiger partial charge in [-0.15, -0.1) is 0 Å². The van der Waals surface area contributed by atoms with E-state index in [2.05, 4.69) is 10.3 Å². The van der Waals surface area contributed by atoms with Gasteiger partial charge in [0.25, 0.3) is 5.91 Å². The molecule has 0 spiro atoms. The maximum atomic E-state index is 11.8. The van der Waals surface area contributed by atoms with Crippen LogP contribution in [0.25, 0.3) is 0 Å². The van der Waals surface area contributed by atoms with E-state index in [0.29, 0.717) is 6.54 Å². The number of amides is 1. The summed E-state index contributed by atoms with van der Waals surface area (Å²) in [6.45, 7) is 2.27. The zero-order valence-corrected chi connectivity index (χ0v) is 11.5. The molecule has 1 atom stereocenters. The highest BCUT2D eigenvalue weighted by Crippen LogP contribution is 2.06. The van der Waals surface area contributed by atoms with E-state index in [1.165, 1.54) is 0 Å². The van der Waals surface area contributed by atoms with Gasteiger partial charge in [0, 0.05) is 13.1 Å². The number of nitrogens with zero attached hydrogens (tertiary/aromatic N) is 2. The Labute approximate surface area is 112 Å². The van der Waals surface area contributed by atoms with Gasteiger partial charge in [0.2, 0.25) is 0 Å². The molecule has 2 N–H and O–H groups in total. The fraction of sp³-hybridized carbons (Fsp3) is 0.500. The molecular weight excluding hydrogens is 254 g/mol. The highest BCUT2D eigenvalue weighted by atomic mass is 35.5. The molecular formula is C12H18ClN3O2. The van der Waals surface area contributed by atoms with Crippen LogP contribution in [-0.2, 0) is 0 Å². The van der Waals surface area contributed by atoms with Crippen LogP contribution >= 0.6 is 11.6 Å². The molecule has 18 heavy (non-hydrogen) atoms. The number of likely N-dealkylation sites (N-methyl/N-ethyl adjacent to an activating group) is 1. The fourth-order valence-electron chi connectivity index (χ4n) is 1.63. The van der Waals surface area contributed by atoms with E-state index in [0.717, 1.165) is 0 Å². The van der Waals surface area contributed by atoms with Crippen molar-refractivity contribution in [2.45, 2.75) is 12.5 Å². The van der Waals surface area contributed by atoms with Gasteiger partial charge in [0.05, 0.1) is 5.60 Å². The lowest BCUT2D eigenvalue weighted by Crippen LogP contribution is -2.47. The minimum atomic E-state index is -0.988. The number of halogens is 1. The molecule has 0 aliphatic heterocycles. The maximum Gasteiger partial charge on any atom is 0.270 e. The van der Waals surface area contributed by atoms with Gasteiger partial charge in [-0.25, -0.2) is 4.98 Å². The molecule has 1 aromatic heterocycles. The highest BCUT2D eigenvalue weighted by Gasteiger charge is 2.22. The molecule has 0 aliphatic rings. The summed E-state index contributed by atoms with van der Waals surface area (Å²) in [5, 5.41) is 12.9. The van der Waals surface area contributed by atoms with E-state index in [9.17, 15) is 9.90 Å². The number of aliphatic hydroxyl groups is 1. The van der Waals surface area contributed by atoms with Crippen molar-refractivity contribution in [2.75, 3.05) is 27.2 Å². The molecule has 0 aliphatic carbocycles. The number of nitrogens with one attached hydrogen (secondary N) is 1. The number of hydrogen-bond donors (Lipinski definition) is 2. The van der Waals surface area contributed by atoms with E-state index in [1.54, 1.807) is 25.1 Å². The van der Waals surface area contributed by atoms with Crippen LogP contribution in [0.1, 0.15) is 17.4 Å². The van der Waals surface area contributed by atoms with E-state index >= 15 is 0 Å². The van der Waals surface area contributed by atoms with E-state index in [-0.39, 0.29) is 23.3 Å². The van der Waals surface area contributed by atoms with Crippen LogP contribution < -0.4 is 5.32 Å². The van der Waals surface area contributed by atoms with Gasteiger partial charge in [-0.3, -0.25) is 4.79 Å². The summed E-state index contributed by atoms with van der Waals surface area (Å²) in [5.41, 5.74) is -0.749. The molecule has 0 fully saturated rings. The average Bonchev–Trinajstić information content (AvgIpc) is 2.24. The Kier molecular flexibility index (Phi) is 5.07. The topological polar surface area (TPSA) is 65.5 Å². The predicted molar refractivity (Wildman–Crippen MR) is 70.8 cm³/mol. The van der Waals surface area contributed by atoms with E-state index < -0.39 is 5.60 Å². The van der Waals surface area contributed by atoms with Crippen LogP contribution in [0.15, 0.2) is 18.2 Å². The summed E-state index contributed by atoms with van der Waals surface area (Å²) >= 11 is 5.70. The molecule has 0 saturated carbocycles. The second-order valence-electron chi connectivity index (χ2n) is 4.76. The Hall–Kier alpha value is -1.17. The van der Waals surface area contributed by atoms with E-state index in [4.69, 9.17) is 11.6 Å². The molecule has 1 heterocycles. The molecule has 1 amide bonds. The summed E-state index contributed by atoms with van der Waals surface area (Å²) in [4.78, 5) is 17.5. The number of carbonyl (C=O) groups excluding carboxylic acids is 1. The fourth-order valence-corrected chi connectivity index (χ4v) is 1.80. The van der Waals surface area contributed by atoms with Crippen molar-refractivity contribution in [3.63, 3.8) is 0 Å². The lowest BCUT2D eigenvalue weighted by atomic mass is 10.1. The third-order valence-electron chi connectivity index (χ3n) is 2.23. The Morgan fingerprint density at radius 1 is 1.56 bits per heavy atom. The molecule has 6 heteroatoms. The summed E-state index contributed by atoms with van der Waals surface area (Å²) in [6, 6.07) is 4.82. The number of aromatic nitrogens is 1. The van der Waals surface area contributed by atoms with Crippen LogP contribution in [0.2, 0.25) is 5.15 Å². The second kappa shape index (κ2) is 6.13. The van der Waals surface area contributed by atoms with Crippen molar-refractivity contribution < 1.29 is 9.90 Å². The first-order valence-corrected chi connectivity index (χ1v) is 5.96. The largest absolute Gasteiger partial charge is 0.387 e. The smallest absolute Gasteiger partial charge is 0.270 e. The Balaban J connectivity index is 2.56. The normalized spacial score (nSPS) is 14.3. The number of carbonyl (C=O) groups is 1. The highest BCUT2D eigenvalue weighted by molar-refractivity contribution is 6.29. The first kappa shape index (κ1) is 14.9. The standard InChI is InChI=1S/C12H18ClN3O2/c1-12(18,8-16(2)3)7-14-11(17)9-5-4-6-10(13)15-9/h4-6,18H,7-8H2,1-3H3,(H,14,17). The van der Waals surface area contributed by atoms with E-state index in [1.807, 2.05) is 19.0 Å². The van der Waals surface area contributed by atoms with Crippen molar-refractivity contribution in [1.82, 2.24) is 15.2 Å². The molecule has 0 saturated heterocycles. The molecule has 1 rings (SSSR count). The van der Waals surface area contributed by atoms with Gasteiger partial charge in [-0.05, 0) is 33.2 Å². The van der Waals surface area contributed by atoms with Crippen molar-refractivity contribution >= 4 is 17.5 Å². The lowest BCUT2D eigenvalue weighted by Gasteiger charge is -2.26. The zero-order valence-electron chi connectivity index (χ0n) is 10.8. The molecule has 0 aromatic carbocycles. The van der Waals surface area contributed by atoms with Gasteiger partial charge in [0.15, 0.2) is 0 Å². The van der Waals surface area contributed by atoms with Crippen LogP contribution in [0.4, 0.5) is 0 Å². The van der Waals surface area contributed by atoms with Gasteiger partial charge in [-0.2, -0.15) is 0 Å². The van der Waals surface area contributed by atoms with Crippen molar-refractivity contribution in [2.24, 2.45) is 0 Å². The zero-order chi connectivity index (χ0) is 13.8. The molecule has 100 valence electrons.